The van der Waals surface area contributed by atoms with Crippen LogP contribution in [0.5, 0.6) is 5.75 Å². The fourth-order valence-corrected chi connectivity index (χ4v) is 2.80. The number of hydrogen-bond acceptors (Lipinski definition) is 4. The molecule has 3 rings (SSSR count). The quantitative estimate of drug-likeness (QED) is 0.421. The predicted molar refractivity (Wildman–Crippen MR) is 95.0 cm³/mol. The molecule has 0 aliphatic carbocycles. The zero-order valence-electron chi connectivity index (χ0n) is 13.5. The van der Waals surface area contributed by atoms with Gasteiger partial charge in [0, 0.05) is 15.2 Å². The van der Waals surface area contributed by atoms with Gasteiger partial charge in [-0.15, -0.1) is 0 Å². The summed E-state index contributed by atoms with van der Waals surface area (Å²) >= 11 is 1.98. The van der Waals surface area contributed by atoms with E-state index in [1.807, 2.05) is 22.6 Å². The molecule has 0 fully saturated rings. The Kier molecular flexibility index (Phi) is 5.38. The Morgan fingerprint density at radius 3 is 2.41 bits per heavy atom. The molecule has 27 heavy (non-hydrogen) atoms. The topological polar surface area (TPSA) is 60.2 Å². The van der Waals surface area contributed by atoms with Gasteiger partial charge in [0.2, 0.25) is 5.60 Å². The van der Waals surface area contributed by atoms with Crippen LogP contribution >= 0.6 is 22.6 Å². The number of hydrogen-bond donors (Lipinski definition) is 1. The zero-order valence-corrected chi connectivity index (χ0v) is 15.6. The highest BCUT2D eigenvalue weighted by Crippen LogP contribution is 2.41. The number of aromatic nitrogens is 3. The summed E-state index contributed by atoms with van der Waals surface area (Å²) in [6.45, 7) is -0.882. The number of halogens is 5. The lowest BCUT2D eigenvalue weighted by molar-refractivity contribution is -0.301. The van der Waals surface area contributed by atoms with Crippen LogP contribution in [0.15, 0.2) is 55.1 Å². The summed E-state index contributed by atoms with van der Waals surface area (Å²) in [5, 5.41) is 14.5. The van der Waals surface area contributed by atoms with Gasteiger partial charge in [-0.2, -0.15) is 13.9 Å². The number of benzene rings is 2. The van der Waals surface area contributed by atoms with Gasteiger partial charge in [-0.25, -0.2) is 18.4 Å². The summed E-state index contributed by atoms with van der Waals surface area (Å²) in [5.41, 5.74) is -4.03. The maximum Gasteiger partial charge on any atom is 0.433 e. The third kappa shape index (κ3) is 4.05. The van der Waals surface area contributed by atoms with E-state index in [1.54, 1.807) is 0 Å². The van der Waals surface area contributed by atoms with Crippen molar-refractivity contribution in [2.45, 2.75) is 18.3 Å². The molecule has 142 valence electrons. The first-order valence-electron chi connectivity index (χ1n) is 7.54. The van der Waals surface area contributed by atoms with Crippen molar-refractivity contribution in [1.82, 2.24) is 14.8 Å². The van der Waals surface area contributed by atoms with Crippen LogP contribution in [0.3, 0.4) is 0 Å². The molecule has 1 atom stereocenters. The Bertz CT molecular complexity index is 922. The third-order valence-electron chi connectivity index (χ3n) is 3.78. The molecule has 0 aliphatic rings. The molecule has 3 aromatic rings. The molecule has 2 aromatic carbocycles. The highest BCUT2D eigenvalue weighted by molar-refractivity contribution is 14.1. The molecule has 0 bridgehead atoms. The molecule has 1 aromatic heterocycles. The number of rotatable bonds is 6. The van der Waals surface area contributed by atoms with Crippen molar-refractivity contribution in [2.75, 3.05) is 0 Å². The maximum atomic E-state index is 15.0. The summed E-state index contributed by atoms with van der Waals surface area (Å²) in [7, 11) is 0. The predicted octanol–water partition coefficient (Wildman–Crippen LogP) is 3.72. The Hall–Kier alpha value is -2.21. The highest BCUT2D eigenvalue weighted by atomic mass is 127. The fraction of sp³-hybridized carbons (Fsp3) is 0.176. The van der Waals surface area contributed by atoms with Gasteiger partial charge < -0.3 is 9.84 Å². The molecule has 0 saturated heterocycles. The van der Waals surface area contributed by atoms with Crippen molar-refractivity contribution in [1.29, 1.82) is 0 Å². The van der Waals surface area contributed by atoms with E-state index < -0.39 is 35.5 Å². The molecule has 0 spiro atoms. The fourth-order valence-electron chi connectivity index (χ4n) is 2.44. The Morgan fingerprint density at radius 1 is 1.11 bits per heavy atom. The minimum absolute atomic E-state index is 0.236. The van der Waals surface area contributed by atoms with Crippen LogP contribution in [-0.2, 0) is 12.1 Å². The first-order valence-corrected chi connectivity index (χ1v) is 8.62. The SMILES string of the molecule is OC(Cn1cncn1)(c1ccc(F)cc1F)C(F)(F)Oc1ccc(I)cc1. The molecular formula is C17H12F4IN3O2. The van der Waals surface area contributed by atoms with E-state index in [0.29, 0.717) is 6.07 Å². The Labute approximate surface area is 164 Å². The minimum atomic E-state index is -4.29. The molecule has 1 heterocycles. The van der Waals surface area contributed by atoms with Crippen molar-refractivity contribution in [3.05, 3.63) is 75.9 Å². The standard InChI is InChI=1S/C17H12F4IN3O2/c18-11-1-6-14(15(19)7-11)16(26,8-25-10-23-9-24-25)17(20,21)27-13-4-2-12(22)3-5-13/h1-7,9-10,26H,8H2. The maximum absolute atomic E-state index is 15.0. The van der Waals surface area contributed by atoms with Gasteiger partial charge in [0.05, 0.1) is 6.54 Å². The second-order valence-corrected chi connectivity index (χ2v) is 6.90. The van der Waals surface area contributed by atoms with Crippen LogP contribution < -0.4 is 4.74 Å². The molecule has 0 aliphatic heterocycles. The molecule has 5 nitrogen and oxygen atoms in total. The van der Waals surface area contributed by atoms with Gasteiger partial charge in [0.25, 0.3) is 0 Å². The Morgan fingerprint density at radius 2 is 1.81 bits per heavy atom. The van der Waals surface area contributed by atoms with E-state index >= 15 is 8.78 Å². The summed E-state index contributed by atoms with van der Waals surface area (Å²) < 4.78 is 63.9. The average Bonchev–Trinajstić information content (AvgIpc) is 3.09. The lowest BCUT2D eigenvalue weighted by atomic mass is 9.91. The van der Waals surface area contributed by atoms with Crippen molar-refractivity contribution < 1.29 is 27.4 Å². The zero-order chi connectivity index (χ0) is 19.7. The van der Waals surface area contributed by atoms with Crippen LogP contribution in [0.1, 0.15) is 5.56 Å². The van der Waals surface area contributed by atoms with Gasteiger partial charge in [-0.05, 0) is 59.0 Å². The van der Waals surface area contributed by atoms with Gasteiger partial charge in [0.1, 0.15) is 30.0 Å². The lowest BCUT2D eigenvalue weighted by Gasteiger charge is -2.35. The number of alkyl halides is 2. The first kappa shape index (κ1) is 19.5. The van der Waals surface area contributed by atoms with Crippen LogP contribution in [0.2, 0.25) is 0 Å². The molecular weight excluding hydrogens is 481 g/mol. The van der Waals surface area contributed by atoms with Crippen molar-refractivity contribution in [3.63, 3.8) is 0 Å². The molecule has 1 unspecified atom stereocenters. The van der Waals surface area contributed by atoms with Crippen molar-refractivity contribution >= 4 is 22.6 Å². The highest BCUT2D eigenvalue weighted by Gasteiger charge is 2.58. The van der Waals surface area contributed by atoms with E-state index in [1.165, 1.54) is 24.3 Å². The summed E-state index contributed by atoms with van der Waals surface area (Å²) in [4.78, 5) is 3.61. The summed E-state index contributed by atoms with van der Waals surface area (Å²) in [6, 6.07) is 7.54. The molecule has 1 N–H and O–H groups in total. The number of aliphatic hydroxyl groups is 1. The first-order chi connectivity index (χ1) is 12.7. The normalized spacial score (nSPS) is 14.0. The van der Waals surface area contributed by atoms with E-state index in [0.717, 1.165) is 33.0 Å². The van der Waals surface area contributed by atoms with Gasteiger partial charge in [-0.1, -0.05) is 0 Å². The monoisotopic (exact) mass is 493 g/mol. The summed E-state index contributed by atoms with van der Waals surface area (Å²) in [5.74, 6) is -2.55. The smallest absolute Gasteiger partial charge is 0.430 e. The lowest BCUT2D eigenvalue weighted by Crippen LogP contribution is -2.52. The van der Waals surface area contributed by atoms with Crippen LogP contribution in [0.4, 0.5) is 17.6 Å². The van der Waals surface area contributed by atoms with Crippen LogP contribution in [0.25, 0.3) is 0 Å². The van der Waals surface area contributed by atoms with Gasteiger partial charge >= 0.3 is 6.11 Å². The van der Waals surface area contributed by atoms with Crippen LogP contribution in [-0.4, -0.2) is 26.0 Å². The molecule has 10 heteroatoms. The number of ether oxygens (including phenoxy) is 1. The molecule has 0 amide bonds. The largest absolute Gasteiger partial charge is 0.433 e. The van der Waals surface area contributed by atoms with E-state index in [2.05, 4.69) is 10.1 Å². The van der Waals surface area contributed by atoms with E-state index in [-0.39, 0.29) is 5.75 Å². The van der Waals surface area contributed by atoms with E-state index in [9.17, 15) is 13.9 Å². The van der Waals surface area contributed by atoms with Gasteiger partial charge in [0.15, 0.2) is 0 Å². The minimum Gasteiger partial charge on any atom is -0.430 e. The number of nitrogens with zero attached hydrogens (tertiary/aromatic N) is 3. The average molecular weight is 493 g/mol. The van der Waals surface area contributed by atoms with E-state index in [4.69, 9.17) is 4.74 Å². The van der Waals surface area contributed by atoms with Gasteiger partial charge in [-0.3, -0.25) is 0 Å². The van der Waals surface area contributed by atoms with Crippen LogP contribution in [0, 0.1) is 15.2 Å². The Balaban J connectivity index is 2.05. The van der Waals surface area contributed by atoms with Crippen molar-refractivity contribution in [2.24, 2.45) is 0 Å². The summed E-state index contributed by atoms with van der Waals surface area (Å²) in [6.07, 6.45) is -2.14. The second-order valence-electron chi connectivity index (χ2n) is 5.65. The third-order valence-corrected chi connectivity index (χ3v) is 4.49. The molecule has 0 saturated carbocycles. The van der Waals surface area contributed by atoms with Crippen molar-refractivity contribution in [3.8, 4) is 5.75 Å². The molecule has 0 radical (unpaired) electrons. The second kappa shape index (κ2) is 7.43.